The molecule has 3 aromatic rings. The molecule has 0 heterocycles. The number of aryl methyl sites for hydroxylation is 1. The monoisotopic (exact) mass is 448 g/mol. The summed E-state index contributed by atoms with van der Waals surface area (Å²) in [5.41, 5.74) is 3.51. The van der Waals surface area contributed by atoms with Crippen LogP contribution >= 0.6 is 0 Å². The number of nitrogens with zero attached hydrogens (tertiary/aromatic N) is 1. The number of hydrogen-bond donors (Lipinski definition) is 1. The fraction of sp³-hybridized carbons (Fsp3) is 0.192. The van der Waals surface area contributed by atoms with Gasteiger partial charge in [-0.2, -0.15) is 4.31 Å². The quantitative estimate of drug-likeness (QED) is 0.475. The molecule has 5 nitrogen and oxygen atoms in total. The van der Waals surface area contributed by atoms with Crippen molar-refractivity contribution in [2.45, 2.75) is 31.3 Å². The fourth-order valence-electron chi connectivity index (χ4n) is 3.53. The van der Waals surface area contributed by atoms with Gasteiger partial charge in [0.25, 0.3) is 5.91 Å². The summed E-state index contributed by atoms with van der Waals surface area (Å²) in [6.45, 7) is 8.03. The standard InChI is InChI=1S/C26H28N2O3S/c1-4-18-28(32(30,31)24-11-6-5-7-12-24)19-22-14-16-23(17-15-22)26(29)27-21(3)25-13-9-8-10-20(25)2/h4-17,21H,1,18-19H2,2-3H3,(H,27,29). The number of hydrogen-bond acceptors (Lipinski definition) is 3. The van der Waals surface area contributed by atoms with Gasteiger partial charge in [0.1, 0.15) is 0 Å². The van der Waals surface area contributed by atoms with Gasteiger partial charge < -0.3 is 5.32 Å². The smallest absolute Gasteiger partial charge is 0.251 e. The lowest BCUT2D eigenvalue weighted by Crippen LogP contribution is -2.31. The molecule has 0 radical (unpaired) electrons. The van der Waals surface area contributed by atoms with Crippen LogP contribution in [0.4, 0.5) is 0 Å². The summed E-state index contributed by atoms with van der Waals surface area (Å²) >= 11 is 0. The Balaban J connectivity index is 1.72. The Morgan fingerprint density at radius 1 is 1.00 bits per heavy atom. The first-order chi connectivity index (χ1) is 15.3. The SMILES string of the molecule is C=CCN(Cc1ccc(C(=O)NC(C)c2ccccc2C)cc1)S(=O)(=O)c1ccccc1. The van der Waals surface area contributed by atoms with E-state index in [4.69, 9.17) is 0 Å². The third kappa shape index (κ3) is 5.52. The Morgan fingerprint density at radius 3 is 2.25 bits per heavy atom. The Hall–Kier alpha value is -3.22. The molecule has 0 aliphatic carbocycles. The average Bonchev–Trinajstić information content (AvgIpc) is 2.80. The molecule has 3 rings (SSSR count). The van der Waals surface area contributed by atoms with Gasteiger partial charge in [0, 0.05) is 18.7 Å². The topological polar surface area (TPSA) is 66.5 Å². The zero-order valence-electron chi connectivity index (χ0n) is 18.4. The summed E-state index contributed by atoms with van der Waals surface area (Å²) in [6.07, 6.45) is 1.56. The summed E-state index contributed by atoms with van der Waals surface area (Å²) in [4.78, 5) is 12.9. The fourth-order valence-corrected chi connectivity index (χ4v) is 4.95. The first-order valence-corrected chi connectivity index (χ1v) is 11.9. The zero-order chi connectivity index (χ0) is 23.1. The molecule has 1 N–H and O–H groups in total. The second-order valence-corrected chi connectivity index (χ2v) is 9.59. The van der Waals surface area contributed by atoms with Crippen molar-refractivity contribution in [3.05, 3.63) is 114 Å². The van der Waals surface area contributed by atoms with Crippen LogP contribution in [0.25, 0.3) is 0 Å². The molecule has 0 spiro atoms. The Bertz CT molecular complexity index is 1170. The van der Waals surface area contributed by atoms with E-state index in [1.165, 1.54) is 4.31 Å². The number of rotatable bonds is 9. The van der Waals surface area contributed by atoms with E-state index in [1.54, 1.807) is 60.7 Å². The summed E-state index contributed by atoms with van der Waals surface area (Å²) < 4.78 is 27.4. The molecule has 1 amide bonds. The maximum atomic E-state index is 13.0. The molecule has 166 valence electrons. The normalized spacial score (nSPS) is 12.3. The molecule has 0 saturated heterocycles. The van der Waals surface area contributed by atoms with Crippen LogP contribution in [0.3, 0.4) is 0 Å². The molecule has 3 aromatic carbocycles. The van der Waals surface area contributed by atoms with Crippen LogP contribution in [0.1, 0.15) is 40.0 Å². The Kier molecular flexibility index (Phi) is 7.62. The molecule has 6 heteroatoms. The van der Waals surface area contributed by atoms with Crippen molar-refractivity contribution >= 4 is 15.9 Å². The van der Waals surface area contributed by atoms with Gasteiger partial charge in [-0.05, 0) is 54.8 Å². The lowest BCUT2D eigenvalue weighted by molar-refractivity contribution is 0.0940. The molecular weight excluding hydrogens is 420 g/mol. The number of benzene rings is 3. The molecule has 0 bridgehead atoms. The highest BCUT2D eigenvalue weighted by Gasteiger charge is 2.23. The minimum atomic E-state index is -3.66. The average molecular weight is 449 g/mol. The predicted octanol–water partition coefficient (Wildman–Crippen LogP) is 4.86. The van der Waals surface area contributed by atoms with Crippen LogP contribution in [0.2, 0.25) is 0 Å². The molecule has 0 fully saturated rings. The second kappa shape index (κ2) is 10.4. The third-order valence-corrected chi connectivity index (χ3v) is 7.12. The van der Waals surface area contributed by atoms with E-state index in [-0.39, 0.29) is 29.9 Å². The van der Waals surface area contributed by atoms with Gasteiger partial charge in [-0.1, -0.05) is 60.7 Å². The van der Waals surface area contributed by atoms with Crippen molar-refractivity contribution in [1.82, 2.24) is 9.62 Å². The first-order valence-electron chi connectivity index (χ1n) is 10.4. The molecular formula is C26H28N2O3S. The summed E-state index contributed by atoms with van der Waals surface area (Å²) in [6, 6.07) is 23.2. The van der Waals surface area contributed by atoms with E-state index in [1.807, 2.05) is 38.1 Å². The minimum Gasteiger partial charge on any atom is -0.346 e. The number of nitrogens with one attached hydrogen (secondary N) is 1. The maximum Gasteiger partial charge on any atom is 0.251 e. The van der Waals surface area contributed by atoms with Crippen LogP contribution in [0.5, 0.6) is 0 Å². The van der Waals surface area contributed by atoms with Crippen LogP contribution < -0.4 is 5.32 Å². The maximum absolute atomic E-state index is 13.0. The highest BCUT2D eigenvalue weighted by Crippen LogP contribution is 2.20. The second-order valence-electron chi connectivity index (χ2n) is 7.65. The molecule has 0 aliphatic rings. The molecule has 1 atom stereocenters. The van der Waals surface area contributed by atoms with Crippen molar-refractivity contribution < 1.29 is 13.2 Å². The van der Waals surface area contributed by atoms with Crippen LogP contribution in [0, 0.1) is 6.92 Å². The van der Waals surface area contributed by atoms with E-state index in [2.05, 4.69) is 11.9 Å². The van der Waals surface area contributed by atoms with Crippen molar-refractivity contribution in [1.29, 1.82) is 0 Å². The van der Waals surface area contributed by atoms with E-state index in [0.717, 1.165) is 16.7 Å². The predicted molar refractivity (Wildman–Crippen MR) is 128 cm³/mol. The van der Waals surface area contributed by atoms with E-state index in [9.17, 15) is 13.2 Å². The van der Waals surface area contributed by atoms with Gasteiger partial charge in [0.05, 0.1) is 10.9 Å². The Morgan fingerprint density at radius 2 is 1.62 bits per heavy atom. The molecule has 0 aliphatic heterocycles. The minimum absolute atomic E-state index is 0.123. The summed E-state index contributed by atoms with van der Waals surface area (Å²) in [5, 5.41) is 3.02. The van der Waals surface area contributed by atoms with Crippen LogP contribution in [-0.2, 0) is 16.6 Å². The van der Waals surface area contributed by atoms with Crippen molar-refractivity contribution in [3.63, 3.8) is 0 Å². The van der Waals surface area contributed by atoms with Gasteiger partial charge in [0.15, 0.2) is 0 Å². The summed E-state index contributed by atoms with van der Waals surface area (Å²) in [5.74, 6) is -0.174. The molecule has 1 unspecified atom stereocenters. The largest absolute Gasteiger partial charge is 0.346 e. The summed E-state index contributed by atoms with van der Waals surface area (Å²) in [7, 11) is -3.66. The van der Waals surface area contributed by atoms with Crippen molar-refractivity contribution in [3.8, 4) is 0 Å². The van der Waals surface area contributed by atoms with E-state index >= 15 is 0 Å². The number of carbonyl (C=O) groups is 1. The van der Waals surface area contributed by atoms with Crippen LogP contribution in [0.15, 0.2) is 96.4 Å². The first kappa shape index (κ1) is 23.4. The highest BCUT2D eigenvalue weighted by molar-refractivity contribution is 7.89. The van der Waals surface area contributed by atoms with Gasteiger partial charge in [-0.25, -0.2) is 8.42 Å². The Labute approximate surface area is 190 Å². The van der Waals surface area contributed by atoms with Gasteiger partial charge in [0.2, 0.25) is 10.0 Å². The number of sulfonamides is 1. The molecule has 0 aromatic heterocycles. The van der Waals surface area contributed by atoms with Crippen molar-refractivity contribution in [2.75, 3.05) is 6.54 Å². The van der Waals surface area contributed by atoms with Gasteiger partial charge >= 0.3 is 0 Å². The van der Waals surface area contributed by atoms with Gasteiger partial charge in [-0.3, -0.25) is 4.79 Å². The van der Waals surface area contributed by atoms with Gasteiger partial charge in [-0.15, -0.1) is 6.58 Å². The van der Waals surface area contributed by atoms with E-state index in [0.29, 0.717) is 5.56 Å². The van der Waals surface area contributed by atoms with E-state index < -0.39 is 10.0 Å². The van der Waals surface area contributed by atoms with Crippen molar-refractivity contribution in [2.24, 2.45) is 0 Å². The van der Waals surface area contributed by atoms with Crippen LogP contribution in [-0.4, -0.2) is 25.2 Å². The lowest BCUT2D eigenvalue weighted by Gasteiger charge is -2.21. The number of amides is 1. The molecule has 0 saturated carbocycles. The lowest BCUT2D eigenvalue weighted by atomic mass is 10.0. The zero-order valence-corrected chi connectivity index (χ0v) is 19.2. The third-order valence-electron chi connectivity index (χ3n) is 5.29. The highest BCUT2D eigenvalue weighted by atomic mass is 32.2. The number of carbonyl (C=O) groups excluding carboxylic acids is 1. The molecule has 32 heavy (non-hydrogen) atoms.